The van der Waals surface area contributed by atoms with Crippen LogP contribution >= 0.6 is 0 Å². The van der Waals surface area contributed by atoms with Gasteiger partial charge in [0.1, 0.15) is 5.82 Å². The summed E-state index contributed by atoms with van der Waals surface area (Å²) in [5, 5.41) is 3.44. The van der Waals surface area contributed by atoms with E-state index in [1.807, 2.05) is 18.2 Å². The van der Waals surface area contributed by atoms with E-state index >= 15 is 0 Å². The third-order valence-electron chi connectivity index (χ3n) is 3.90. The SMILES string of the molecule is CC(C)(C)O[C-]=O.O=c1ccccn1-c1ccc(NC2CCCC2)nc1.[Na+]. The van der Waals surface area contributed by atoms with Crippen LogP contribution in [-0.2, 0) is 9.53 Å². The summed E-state index contributed by atoms with van der Waals surface area (Å²) in [5.74, 6) is 0.889. The molecule has 0 spiro atoms. The van der Waals surface area contributed by atoms with E-state index < -0.39 is 0 Å². The van der Waals surface area contributed by atoms with E-state index in [-0.39, 0.29) is 40.7 Å². The Labute approximate surface area is 182 Å². The molecule has 0 aliphatic heterocycles. The molecule has 0 saturated heterocycles. The number of hydrogen-bond donors (Lipinski definition) is 1. The molecule has 6 nitrogen and oxygen atoms in total. The Morgan fingerprint density at radius 3 is 2.37 bits per heavy atom. The third-order valence-corrected chi connectivity index (χ3v) is 3.90. The average molecular weight is 379 g/mol. The molecular weight excluding hydrogens is 353 g/mol. The Kier molecular flexibility index (Phi) is 9.77. The molecular formula is C20H26N3NaO3. The summed E-state index contributed by atoms with van der Waals surface area (Å²) in [5.41, 5.74) is 0.380. The summed E-state index contributed by atoms with van der Waals surface area (Å²) in [6.45, 7) is 6.73. The van der Waals surface area contributed by atoms with Crippen LogP contribution in [-0.4, -0.2) is 27.7 Å². The van der Waals surface area contributed by atoms with Crippen LogP contribution in [0.5, 0.6) is 0 Å². The molecule has 3 rings (SSSR count). The van der Waals surface area contributed by atoms with Gasteiger partial charge in [-0.1, -0.05) is 25.4 Å². The van der Waals surface area contributed by atoms with E-state index in [1.165, 1.54) is 32.2 Å². The average Bonchev–Trinajstić information content (AvgIpc) is 3.09. The number of aromatic nitrogens is 2. The maximum absolute atomic E-state index is 11.7. The van der Waals surface area contributed by atoms with Crippen LogP contribution in [0.25, 0.3) is 5.69 Å². The Bertz CT molecular complexity index is 748. The normalized spacial score (nSPS) is 13.7. The van der Waals surface area contributed by atoms with Crippen LogP contribution in [0.1, 0.15) is 46.5 Å². The summed E-state index contributed by atoms with van der Waals surface area (Å²) in [6, 6.07) is 9.54. The zero-order chi connectivity index (χ0) is 19.0. The Morgan fingerprint density at radius 1 is 1.19 bits per heavy atom. The number of nitrogens with one attached hydrogen (secondary N) is 1. The second kappa shape index (κ2) is 11.3. The number of nitrogens with zero attached hydrogens (tertiary/aromatic N) is 2. The molecule has 0 bridgehead atoms. The van der Waals surface area contributed by atoms with Crippen LogP contribution in [0, 0.1) is 0 Å². The molecule has 0 aromatic carbocycles. The van der Waals surface area contributed by atoms with Gasteiger partial charge in [-0.3, -0.25) is 9.36 Å². The van der Waals surface area contributed by atoms with E-state index in [0.29, 0.717) is 6.04 Å². The van der Waals surface area contributed by atoms with Crippen molar-refractivity contribution < 1.29 is 39.1 Å². The van der Waals surface area contributed by atoms with Crippen LogP contribution in [0.3, 0.4) is 0 Å². The van der Waals surface area contributed by atoms with Crippen molar-refractivity contribution in [1.82, 2.24) is 9.55 Å². The van der Waals surface area contributed by atoms with Gasteiger partial charge in [0.15, 0.2) is 0 Å². The van der Waals surface area contributed by atoms with E-state index in [4.69, 9.17) is 0 Å². The van der Waals surface area contributed by atoms with Crippen molar-refractivity contribution in [1.29, 1.82) is 0 Å². The van der Waals surface area contributed by atoms with E-state index in [1.54, 1.807) is 49.9 Å². The monoisotopic (exact) mass is 379 g/mol. The van der Waals surface area contributed by atoms with E-state index in [0.717, 1.165) is 11.5 Å². The smallest absolute Gasteiger partial charge is 0.649 e. The summed E-state index contributed by atoms with van der Waals surface area (Å²) >= 11 is 0. The fourth-order valence-electron chi connectivity index (χ4n) is 2.66. The minimum Gasteiger partial charge on any atom is -0.649 e. The molecule has 2 aromatic heterocycles. The van der Waals surface area contributed by atoms with Gasteiger partial charge in [-0.15, -0.1) is 0 Å². The van der Waals surface area contributed by atoms with Crippen molar-refractivity contribution >= 4 is 12.3 Å². The molecule has 2 aromatic rings. The summed E-state index contributed by atoms with van der Waals surface area (Å²) in [4.78, 5) is 25.6. The third kappa shape index (κ3) is 8.28. The molecule has 27 heavy (non-hydrogen) atoms. The predicted octanol–water partition coefficient (Wildman–Crippen LogP) is 0.460. The molecule has 1 aliphatic rings. The minimum atomic E-state index is -0.373. The molecule has 1 fully saturated rings. The summed E-state index contributed by atoms with van der Waals surface area (Å²) in [6.07, 6.45) is 8.54. The van der Waals surface area contributed by atoms with Crippen LogP contribution in [0.15, 0.2) is 47.5 Å². The Morgan fingerprint density at radius 2 is 1.89 bits per heavy atom. The molecule has 7 heteroatoms. The predicted molar refractivity (Wildman–Crippen MR) is 102 cm³/mol. The van der Waals surface area contributed by atoms with Gasteiger partial charge >= 0.3 is 29.6 Å². The quantitative estimate of drug-likeness (QED) is 0.617. The number of pyridine rings is 2. The molecule has 0 amide bonds. The number of anilines is 1. The molecule has 0 radical (unpaired) electrons. The van der Waals surface area contributed by atoms with Crippen molar-refractivity contribution in [2.24, 2.45) is 0 Å². The van der Waals surface area contributed by atoms with Gasteiger partial charge < -0.3 is 14.8 Å². The van der Waals surface area contributed by atoms with Gasteiger partial charge in [0.25, 0.3) is 5.56 Å². The van der Waals surface area contributed by atoms with Crippen molar-refractivity contribution in [3.63, 3.8) is 0 Å². The zero-order valence-electron chi connectivity index (χ0n) is 16.6. The van der Waals surface area contributed by atoms with Gasteiger partial charge in [0.2, 0.25) is 0 Å². The van der Waals surface area contributed by atoms with Gasteiger partial charge in [-0.05, 0) is 51.8 Å². The molecule has 0 atom stereocenters. The molecule has 1 aliphatic carbocycles. The zero-order valence-corrected chi connectivity index (χ0v) is 18.6. The Balaban J connectivity index is 0.000000395. The van der Waals surface area contributed by atoms with Crippen molar-refractivity contribution in [2.75, 3.05) is 5.32 Å². The van der Waals surface area contributed by atoms with Gasteiger partial charge in [-0.25, -0.2) is 4.98 Å². The number of ether oxygens (including phenoxy) is 1. The molecule has 2 heterocycles. The van der Waals surface area contributed by atoms with Crippen LogP contribution < -0.4 is 40.4 Å². The first-order valence-electron chi connectivity index (χ1n) is 8.85. The first kappa shape index (κ1) is 23.4. The minimum absolute atomic E-state index is 0. The van der Waals surface area contributed by atoms with E-state index in [9.17, 15) is 9.59 Å². The standard InChI is InChI=1S/C15H17N3O.C5H9O2.Na/c19-15-7-3-4-10-18(15)13-8-9-14(16-11-13)17-12-5-1-2-6-12;1-5(2,3)7-4-6;/h3-4,7-12H,1-2,5-6H2,(H,16,17);1-3H3;/q;-1;+1. The second-order valence-electron chi connectivity index (χ2n) is 7.23. The molecule has 1 N–H and O–H groups in total. The van der Waals surface area contributed by atoms with Crippen LogP contribution in [0.4, 0.5) is 5.82 Å². The van der Waals surface area contributed by atoms with Gasteiger partial charge in [0.05, 0.1) is 17.5 Å². The van der Waals surface area contributed by atoms with Gasteiger partial charge in [0, 0.05) is 18.3 Å². The van der Waals surface area contributed by atoms with Crippen molar-refractivity contribution in [3.8, 4) is 5.69 Å². The molecule has 0 unspecified atom stereocenters. The summed E-state index contributed by atoms with van der Waals surface area (Å²) in [7, 11) is 0. The fourth-order valence-corrected chi connectivity index (χ4v) is 2.66. The first-order valence-corrected chi connectivity index (χ1v) is 8.85. The maximum Gasteiger partial charge on any atom is 1.00 e. The number of hydrogen-bond acceptors (Lipinski definition) is 5. The number of carbonyl (C=O) groups excluding carboxylic acids is 1. The van der Waals surface area contributed by atoms with E-state index in [2.05, 4.69) is 15.0 Å². The molecule has 1 saturated carbocycles. The largest absolute Gasteiger partial charge is 1.00 e. The van der Waals surface area contributed by atoms with Crippen molar-refractivity contribution in [3.05, 3.63) is 53.1 Å². The maximum atomic E-state index is 11.7. The Hall–Kier alpha value is -1.63. The van der Waals surface area contributed by atoms with Crippen LogP contribution in [0.2, 0.25) is 0 Å². The van der Waals surface area contributed by atoms with Gasteiger partial charge in [-0.2, -0.15) is 0 Å². The fraction of sp³-hybridized carbons (Fsp3) is 0.450. The van der Waals surface area contributed by atoms with Crippen molar-refractivity contribution in [2.45, 2.75) is 58.1 Å². The molecule has 140 valence electrons. The summed E-state index contributed by atoms with van der Waals surface area (Å²) < 4.78 is 6.01. The first-order chi connectivity index (χ1) is 12.4. The number of rotatable bonds is 4. The second-order valence-corrected chi connectivity index (χ2v) is 7.23. The topological polar surface area (TPSA) is 73.2 Å².